The number of nitrogen functional groups attached to an aromatic ring is 2. The fraction of sp³-hybridized carbons (Fsp3) is 0.478. The van der Waals surface area contributed by atoms with Crippen LogP contribution in [0.15, 0.2) is 30.0 Å². The lowest BCUT2D eigenvalue weighted by Gasteiger charge is -2.16. The van der Waals surface area contributed by atoms with Gasteiger partial charge in [-0.3, -0.25) is 18.9 Å². The molecule has 8 atom stereocenters. The first-order valence-electron chi connectivity index (χ1n) is 13.3. The molecular formula is C23H27N13O8. The van der Waals surface area contributed by atoms with Crippen LogP contribution in [0.1, 0.15) is 18.1 Å². The predicted octanol–water partition coefficient (Wildman–Crippen LogP) is -3.83. The Morgan fingerprint density at radius 1 is 0.886 bits per heavy atom. The van der Waals surface area contributed by atoms with E-state index in [2.05, 4.69) is 40.2 Å². The van der Waals surface area contributed by atoms with Crippen molar-refractivity contribution in [2.45, 2.75) is 62.2 Å². The molecule has 21 nitrogen and oxygen atoms in total. The van der Waals surface area contributed by atoms with Gasteiger partial charge in [-0.05, 0) is 0 Å². The number of hydrogen-bond donors (Lipinski definition) is 7. The zero-order chi connectivity index (χ0) is 30.7. The molecule has 5 aromatic rings. The van der Waals surface area contributed by atoms with Gasteiger partial charge in [-0.1, -0.05) is 5.21 Å². The van der Waals surface area contributed by atoms with Gasteiger partial charge in [0, 0.05) is 0 Å². The third kappa shape index (κ3) is 4.71. The summed E-state index contributed by atoms with van der Waals surface area (Å²) < 4.78 is 21.7. The first kappa shape index (κ1) is 28.1. The predicted molar refractivity (Wildman–Crippen MR) is 144 cm³/mol. The second-order valence-corrected chi connectivity index (χ2v) is 10.4. The average molecular weight is 614 g/mol. The zero-order valence-electron chi connectivity index (χ0n) is 22.6. The van der Waals surface area contributed by atoms with Crippen molar-refractivity contribution < 1.29 is 34.6 Å². The number of H-pyrrole nitrogens is 1. The van der Waals surface area contributed by atoms with Crippen LogP contribution in [0.2, 0.25) is 0 Å². The standard InChI is InChI=1S/C23H27N13O8/c24-17-11-18(27-5-26-17)35(6-28-11)21-15(39)13(37)9(43-21)2-34-1-8(32-33-34)3-42-4-10-14(38)16(40)22(44-10)36-7-29-12-19(36)30-23(25)31-20(12)41/h1,5-7,9-10,13-16,21-22,37-40H,2-4H2,(H2,24,26,27)(H3,25,30,31,41)/t9-,10-,13-,14-,15-,16-,21-,22-/m1/s1. The molecular weight excluding hydrogens is 586 g/mol. The molecule has 2 saturated heterocycles. The topological polar surface area (TPSA) is 299 Å². The largest absolute Gasteiger partial charge is 0.387 e. The monoisotopic (exact) mass is 613 g/mol. The Hall–Kier alpha value is -4.64. The summed E-state index contributed by atoms with van der Waals surface area (Å²) in [6.45, 7) is -0.0734. The van der Waals surface area contributed by atoms with Gasteiger partial charge in [0.1, 0.15) is 54.2 Å². The van der Waals surface area contributed by atoms with Gasteiger partial charge in [-0.25, -0.2) is 24.6 Å². The van der Waals surface area contributed by atoms with Gasteiger partial charge >= 0.3 is 0 Å². The highest BCUT2D eigenvalue weighted by atomic mass is 16.6. The Bertz CT molecular complexity index is 1870. The summed E-state index contributed by atoms with van der Waals surface area (Å²) in [7, 11) is 0. The minimum atomic E-state index is -1.37. The summed E-state index contributed by atoms with van der Waals surface area (Å²) in [5, 5.41) is 50.6. The lowest BCUT2D eigenvalue weighted by Crippen LogP contribution is -2.34. The number of ether oxygens (including phenoxy) is 3. The van der Waals surface area contributed by atoms with Crippen LogP contribution >= 0.6 is 0 Å². The summed E-state index contributed by atoms with van der Waals surface area (Å²) in [4.78, 5) is 34.7. The Balaban J connectivity index is 0.958. The van der Waals surface area contributed by atoms with Crippen LogP contribution in [0.4, 0.5) is 11.8 Å². The molecule has 0 spiro atoms. The van der Waals surface area contributed by atoms with E-state index in [1.165, 1.54) is 32.8 Å². The van der Waals surface area contributed by atoms with Crippen molar-refractivity contribution in [2.75, 3.05) is 18.1 Å². The molecule has 9 N–H and O–H groups in total. The van der Waals surface area contributed by atoms with Crippen molar-refractivity contribution >= 4 is 34.1 Å². The number of nitrogens with one attached hydrogen (secondary N) is 1. The van der Waals surface area contributed by atoms with E-state index in [1.807, 2.05) is 0 Å². The number of anilines is 2. The van der Waals surface area contributed by atoms with E-state index < -0.39 is 54.6 Å². The average Bonchev–Trinajstić information content (AvgIpc) is 3.81. The molecule has 2 aliphatic heterocycles. The van der Waals surface area contributed by atoms with Crippen LogP contribution in [0.25, 0.3) is 22.3 Å². The highest BCUT2D eigenvalue weighted by Crippen LogP contribution is 2.33. The molecule has 232 valence electrons. The van der Waals surface area contributed by atoms with Crippen molar-refractivity contribution in [1.29, 1.82) is 0 Å². The van der Waals surface area contributed by atoms with Crippen molar-refractivity contribution in [2.24, 2.45) is 0 Å². The van der Waals surface area contributed by atoms with Crippen LogP contribution in [0.3, 0.4) is 0 Å². The fourth-order valence-electron chi connectivity index (χ4n) is 5.35. The molecule has 0 saturated carbocycles. The first-order valence-corrected chi connectivity index (χ1v) is 13.3. The molecule has 2 aliphatic rings. The normalized spacial score (nSPS) is 28.9. The Labute approximate surface area is 244 Å². The van der Waals surface area contributed by atoms with E-state index >= 15 is 0 Å². The second kappa shape index (κ2) is 10.8. The van der Waals surface area contributed by atoms with Crippen LogP contribution in [0.5, 0.6) is 0 Å². The lowest BCUT2D eigenvalue weighted by atomic mass is 10.1. The van der Waals surface area contributed by atoms with E-state index in [9.17, 15) is 25.2 Å². The number of rotatable bonds is 8. The maximum Gasteiger partial charge on any atom is 0.280 e. The van der Waals surface area contributed by atoms with E-state index in [-0.39, 0.29) is 42.7 Å². The molecule has 0 aromatic carbocycles. The van der Waals surface area contributed by atoms with Crippen molar-refractivity contribution in [3.8, 4) is 0 Å². The van der Waals surface area contributed by atoms with Crippen molar-refractivity contribution in [3.63, 3.8) is 0 Å². The first-order chi connectivity index (χ1) is 21.2. The summed E-state index contributed by atoms with van der Waals surface area (Å²) in [5.41, 5.74) is 12.1. The Morgan fingerprint density at radius 2 is 1.57 bits per heavy atom. The van der Waals surface area contributed by atoms with Crippen LogP contribution in [-0.2, 0) is 27.4 Å². The highest BCUT2D eigenvalue weighted by Gasteiger charge is 2.45. The second-order valence-electron chi connectivity index (χ2n) is 10.4. The summed E-state index contributed by atoms with van der Waals surface area (Å²) in [6.07, 6.45) is -3.56. The van der Waals surface area contributed by atoms with E-state index in [0.717, 1.165) is 0 Å². The smallest absolute Gasteiger partial charge is 0.280 e. The molecule has 5 aromatic heterocycles. The molecule has 7 heterocycles. The third-order valence-corrected chi connectivity index (χ3v) is 7.55. The molecule has 2 fully saturated rings. The third-order valence-electron chi connectivity index (χ3n) is 7.55. The van der Waals surface area contributed by atoms with E-state index in [1.54, 1.807) is 6.20 Å². The zero-order valence-corrected chi connectivity index (χ0v) is 22.6. The maximum atomic E-state index is 12.1. The van der Waals surface area contributed by atoms with Crippen molar-refractivity contribution in [1.82, 2.24) is 54.0 Å². The van der Waals surface area contributed by atoms with Gasteiger partial charge in [-0.15, -0.1) is 5.10 Å². The van der Waals surface area contributed by atoms with Gasteiger partial charge in [0.25, 0.3) is 5.56 Å². The number of imidazole rings is 2. The SMILES string of the molecule is Nc1nc2c(ncn2[C@@H]2O[C@H](COCc3cn(C[C@H]4O[C@@H](n5cnc6c(N)ncnc65)[C@H](O)[C@@H]4O)nn3)[C@@H](O)[C@H]2O)c(=O)[nH]1. The van der Waals surface area contributed by atoms with E-state index in [4.69, 9.17) is 25.7 Å². The number of nitrogens with two attached hydrogens (primary N) is 2. The van der Waals surface area contributed by atoms with E-state index in [0.29, 0.717) is 16.9 Å². The summed E-state index contributed by atoms with van der Waals surface area (Å²) in [6, 6.07) is 0. The van der Waals surface area contributed by atoms with Crippen LogP contribution in [-0.4, -0.2) is 118 Å². The van der Waals surface area contributed by atoms with Gasteiger partial charge in [0.05, 0.1) is 38.6 Å². The minimum absolute atomic E-state index is 0.00259. The van der Waals surface area contributed by atoms with Gasteiger partial charge in [0.15, 0.2) is 35.1 Å². The molecule has 0 aliphatic carbocycles. The Morgan fingerprint density at radius 3 is 2.34 bits per heavy atom. The minimum Gasteiger partial charge on any atom is -0.387 e. The molecule has 0 amide bonds. The molecule has 0 unspecified atom stereocenters. The van der Waals surface area contributed by atoms with Gasteiger partial charge < -0.3 is 46.1 Å². The number of aromatic nitrogens is 11. The van der Waals surface area contributed by atoms with Gasteiger partial charge in [-0.2, -0.15) is 4.98 Å². The number of aliphatic hydroxyl groups excluding tert-OH is 4. The van der Waals surface area contributed by atoms with Crippen LogP contribution in [0, 0.1) is 0 Å². The quantitative estimate of drug-likeness (QED) is 0.0881. The lowest BCUT2D eigenvalue weighted by molar-refractivity contribution is -0.0686. The van der Waals surface area contributed by atoms with Gasteiger partial charge in [0.2, 0.25) is 5.95 Å². The van der Waals surface area contributed by atoms with Crippen LogP contribution < -0.4 is 17.0 Å². The molecule has 21 heteroatoms. The molecule has 0 bridgehead atoms. The molecule has 7 rings (SSSR count). The molecule has 0 radical (unpaired) electrons. The molecule has 44 heavy (non-hydrogen) atoms. The fourth-order valence-corrected chi connectivity index (χ4v) is 5.35. The number of aliphatic hydroxyl groups is 4. The van der Waals surface area contributed by atoms with Crippen molar-refractivity contribution in [3.05, 3.63) is 41.2 Å². The number of hydrogen-bond acceptors (Lipinski definition) is 17. The number of aromatic amines is 1. The maximum absolute atomic E-state index is 12.1. The Kier molecular flexibility index (Phi) is 6.92. The highest BCUT2D eigenvalue weighted by molar-refractivity contribution is 5.81. The number of fused-ring (bicyclic) bond motifs is 2. The number of nitrogens with zero attached hydrogens (tertiary/aromatic N) is 10. The summed E-state index contributed by atoms with van der Waals surface area (Å²) >= 11 is 0. The summed E-state index contributed by atoms with van der Waals surface area (Å²) in [5.74, 6) is 0.0379.